The molecule has 0 spiro atoms. The number of nitrogens with two attached hydrogens (primary N) is 1. The summed E-state index contributed by atoms with van der Waals surface area (Å²) in [6.07, 6.45) is 9.37. The molecule has 0 radical (unpaired) electrons. The van der Waals surface area contributed by atoms with E-state index in [0.29, 0.717) is 6.04 Å². The molecule has 1 aromatic heterocycles. The van der Waals surface area contributed by atoms with Crippen LogP contribution in [0.5, 0.6) is 0 Å². The highest BCUT2D eigenvalue weighted by Gasteiger charge is 2.35. The molecule has 1 heterocycles. The van der Waals surface area contributed by atoms with Gasteiger partial charge in [-0.3, -0.25) is 15.1 Å². The van der Waals surface area contributed by atoms with E-state index in [2.05, 4.69) is 10.3 Å². The number of pyridine rings is 1. The Hall–Kier alpha value is -1.42. The third kappa shape index (κ3) is 2.70. The SMILES string of the molecule is CC(NC1CCCCC1)(C(N)=O)c1ccncc1. The van der Waals surface area contributed by atoms with Crippen LogP contribution in [0.4, 0.5) is 0 Å². The summed E-state index contributed by atoms with van der Waals surface area (Å²) in [6.45, 7) is 1.86. The first-order valence-corrected chi connectivity index (χ1v) is 6.61. The fraction of sp³-hybridized carbons (Fsp3) is 0.571. The molecule has 3 N–H and O–H groups in total. The smallest absolute Gasteiger partial charge is 0.242 e. The van der Waals surface area contributed by atoms with Gasteiger partial charge in [0.2, 0.25) is 5.91 Å². The topological polar surface area (TPSA) is 68.0 Å². The van der Waals surface area contributed by atoms with Gasteiger partial charge in [0.05, 0.1) is 0 Å². The van der Waals surface area contributed by atoms with Crippen LogP contribution in [0.2, 0.25) is 0 Å². The van der Waals surface area contributed by atoms with E-state index in [0.717, 1.165) is 18.4 Å². The quantitative estimate of drug-likeness (QED) is 0.851. The van der Waals surface area contributed by atoms with E-state index in [1.54, 1.807) is 12.4 Å². The summed E-state index contributed by atoms with van der Waals surface area (Å²) in [5.41, 5.74) is 5.68. The van der Waals surface area contributed by atoms with E-state index in [-0.39, 0.29) is 5.91 Å². The molecule has 2 rings (SSSR count). The predicted octanol–water partition coefficient (Wildman–Crippen LogP) is 1.70. The summed E-state index contributed by atoms with van der Waals surface area (Å²) in [7, 11) is 0. The molecule has 1 amide bonds. The Labute approximate surface area is 108 Å². The van der Waals surface area contributed by atoms with Crippen LogP contribution in [0.15, 0.2) is 24.5 Å². The van der Waals surface area contributed by atoms with Crippen molar-refractivity contribution in [3.05, 3.63) is 30.1 Å². The second-order valence-electron chi connectivity index (χ2n) is 5.20. The Bertz CT molecular complexity index is 401. The van der Waals surface area contributed by atoms with E-state index < -0.39 is 5.54 Å². The Morgan fingerprint density at radius 2 is 1.94 bits per heavy atom. The van der Waals surface area contributed by atoms with E-state index in [1.165, 1.54) is 19.3 Å². The maximum absolute atomic E-state index is 11.8. The van der Waals surface area contributed by atoms with Crippen LogP contribution in [0.3, 0.4) is 0 Å². The molecule has 4 heteroatoms. The molecule has 1 unspecified atom stereocenters. The second-order valence-corrected chi connectivity index (χ2v) is 5.20. The lowest BCUT2D eigenvalue weighted by molar-refractivity contribution is -0.124. The van der Waals surface area contributed by atoms with Gasteiger partial charge >= 0.3 is 0 Å². The van der Waals surface area contributed by atoms with Crippen molar-refractivity contribution in [2.24, 2.45) is 5.73 Å². The lowest BCUT2D eigenvalue weighted by atomic mass is 9.87. The van der Waals surface area contributed by atoms with Crippen molar-refractivity contribution in [3.63, 3.8) is 0 Å². The number of carbonyl (C=O) groups excluding carboxylic acids is 1. The number of amides is 1. The highest BCUT2D eigenvalue weighted by molar-refractivity contribution is 5.85. The van der Waals surface area contributed by atoms with E-state index >= 15 is 0 Å². The molecule has 1 aromatic rings. The molecule has 0 saturated heterocycles. The van der Waals surface area contributed by atoms with Crippen molar-refractivity contribution < 1.29 is 4.79 Å². The van der Waals surface area contributed by atoms with Crippen molar-refractivity contribution in [3.8, 4) is 0 Å². The van der Waals surface area contributed by atoms with Crippen LogP contribution in [0.25, 0.3) is 0 Å². The molecule has 0 bridgehead atoms. The van der Waals surface area contributed by atoms with Crippen molar-refractivity contribution in [2.45, 2.75) is 50.6 Å². The standard InChI is InChI=1S/C14H21N3O/c1-14(13(15)18,11-7-9-16-10-8-11)17-12-5-3-2-4-6-12/h7-10,12,17H,2-6H2,1H3,(H2,15,18). The lowest BCUT2D eigenvalue weighted by Gasteiger charge is -2.34. The number of primary amides is 1. The lowest BCUT2D eigenvalue weighted by Crippen LogP contribution is -2.54. The van der Waals surface area contributed by atoms with Crippen LogP contribution >= 0.6 is 0 Å². The normalized spacial score (nSPS) is 20.3. The molecular formula is C14H21N3O. The monoisotopic (exact) mass is 247 g/mol. The average molecular weight is 247 g/mol. The minimum absolute atomic E-state index is 0.334. The molecule has 1 fully saturated rings. The Morgan fingerprint density at radius 3 is 2.50 bits per heavy atom. The Balaban J connectivity index is 2.19. The van der Waals surface area contributed by atoms with Crippen LogP contribution in [0, 0.1) is 0 Å². The van der Waals surface area contributed by atoms with Crippen molar-refractivity contribution >= 4 is 5.91 Å². The average Bonchev–Trinajstić information content (AvgIpc) is 2.40. The maximum atomic E-state index is 11.8. The summed E-state index contributed by atoms with van der Waals surface area (Å²) >= 11 is 0. The van der Waals surface area contributed by atoms with Crippen LogP contribution in [0.1, 0.15) is 44.6 Å². The number of hydrogen-bond donors (Lipinski definition) is 2. The van der Waals surface area contributed by atoms with E-state index in [4.69, 9.17) is 5.73 Å². The van der Waals surface area contributed by atoms with E-state index in [9.17, 15) is 4.79 Å². The number of nitrogens with zero attached hydrogens (tertiary/aromatic N) is 1. The highest BCUT2D eigenvalue weighted by Crippen LogP contribution is 2.25. The maximum Gasteiger partial charge on any atom is 0.242 e. The third-order valence-corrected chi connectivity index (χ3v) is 3.85. The minimum Gasteiger partial charge on any atom is -0.368 e. The van der Waals surface area contributed by atoms with Crippen molar-refractivity contribution in [1.29, 1.82) is 0 Å². The second kappa shape index (κ2) is 5.48. The fourth-order valence-electron chi connectivity index (χ4n) is 2.64. The Kier molecular flexibility index (Phi) is 3.97. The predicted molar refractivity (Wildman–Crippen MR) is 70.8 cm³/mol. The number of carbonyl (C=O) groups is 1. The molecule has 1 aliphatic rings. The number of nitrogens with one attached hydrogen (secondary N) is 1. The molecule has 0 aliphatic heterocycles. The first kappa shape index (κ1) is 13.0. The van der Waals surface area contributed by atoms with Crippen LogP contribution in [-0.2, 0) is 10.3 Å². The van der Waals surface area contributed by atoms with Gasteiger partial charge in [-0.1, -0.05) is 19.3 Å². The molecule has 1 atom stereocenters. The van der Waals surface area contributed by atoms with Gasteiger partial charge in [-0.15, -0.1) is 0 Å². The van der Waals surface area contributed by atoms with Gasteiger partial charge in [0.1, 0.15) is 5.54 Å². The van der Waals surface area contributed by atoms with E-state index in [1.807, 2.05) is 19.1 Å². The third-order valence-electron chi connectivity index (χ3n) is 3.85. The summed E-state index contributed by atoms with van der Waals surface area (Å²) < 4.78 is 0. The minimum atomic E-state index is -0.801. The molecule has 4 nitrogen and oxygen atoms in total. The van der Waals surface area contributed by atoms with Crippen molar-refractivity contribution in [1.82, 2.24) is 10.3 Å². The molecule has 18 heavy (non-hydrogen) atoms. The number of hydrogen-bond acceptors (Lipinski definition) is 3. The van der Waals surface area contributed by atoms with Gasteiger partial charge in [-0.2, -0.15) is 0 Å². The van der Waals surface area contributed by atoms with Crippen LogP contribution < -0.4 is 11.1 Å². The van der Waals surface area contributed by atoms with Gasteiger partial charge in [-0.05, 0) is 37.5 Å². The fourth-order valence-corrected chi connectivity index (χ4v) is 2.64. The summed E-state index contributed by atoms with van der Waals surface area (Å²) in [4.78, 5) is 15.8. The number of rotatable bonds is 4. The van der Waals surface area contributed by atoms with Gasteiger partial charge in [-0.25, -0.2) is 0 Å². The Morgan fingerprint density at radius 1 is 1.33 bits per heavy atom. The molecular weight excluding hydrogens is 226 g/mol. The van der Waals surface area contributed by atoms with Gasteiger partial charge in [0, 0.05) is 18.4 Å². The molecule has 0 aromatic carbocycles. The van der Waals surface area contributed by atoms with Crippen molar-refractivity contribution in [2.75, 3.05) is 0 Å². The zero-order valence-corrected chi connectivity index (χ0v) is 10.9. The first-order valence-electron chi connectivity index (χ1n) is 6.61. The molecule has 1 saturated carbocycles. The molecule has 1 aliphatic carbocycles. The van der Waals surface area contributed by atoms with Gasteiger partial charge < -0.3 is 5.73 Å². The van der Waals surface area contributed by atoms with Crippen LogP contribution in [-0.4, -0.2) is 16.9 Å². The summed E-state index contributed by atoms with van der Waals surface area (Å²) in [5.74, 6) is -0.334. The summed E-state index contributed by atoms with van der Waals surface area (Å²) in [6, 6.07) is 4.07. The summed E-state index contributed by atoms with van der Waals surface area (Å²) in [5, 5.41) is 3.45. The van der Waals surface area contributed by atoms with Gasteiger partial charge in [0.25, 0.3) is 0 Å². The largest absolute Gasteiger partial charge is 0.368 e. The number of aromatic nitrogens is 1. The first-order chi connectivity index (χ1) is 8.63. The highest BCUT2D eigenvalue weighted by atomic mass is 16.1. The molecule has 98 valence electrons. The zero-order valence-electron chi connectivity index (χ0n) is 10.9. The van der Waals surface area contributed by atoms with Gasteiger partial charge in [0.15, 0.2) is 0 Å². The zero-order chi connectivity index (χ0) is 13.0.